The quantitative estimate of drug-likeness (QED) is 0.0364. The summed E-state index contributed by atoms with van der Waals surface area (Å²) in [5.74, 6) is -10.1. The van der Waals surface area contributed by atoms with E-state index in [0.29, 0.717) is 28.3 Å². The van der Waals surface area contributed by atoms with Gasteiger partial charge in [-0.2, -0.15) is 22.1 Å². The molecule has 0 radical (unpaired) electrons. The van der Waals surface area contributed by atoms with E-state index in [1.807, 2.05) is 6.07 Å². The van der Waals surface area contributed by atoms with Crippen LogP contribution in [-0.4, -0.2) is 202 Å². The number of hydrogen-bond acceptors (Lipinski definition) is 20. The van der Waals surface area contributed by atoms with Gasteiger partial charge in [0.05, 0.1) is 93.8 Å². The average molecular weight is 1360 g/mol. The molecule has 6 rings (SSSR count). The fraction of sp³-hybridized carbons (Fsp3) is 0.193. The topological polar surface area (TPSA) is 496 Å². The first kappa shape index (κ1) is 79.3. The van der Waals surface area contributed by atoms with Crippen molar-refractivity contribution in [2.24, 2.45) is 0 Å². The van der Waals surface area contributed by atoms with Crippen LogP contribution in [0.2, 0.25) is 10.0 Å². The average Bonchev–Trinajstić information content (AvgIpc) is 0.877. The number of nitriles is 1. The van der Waals surface area contributed by atoms with Crippen LogP contribution in [-0.2, 0) is 29.8 Å². The van der Waals surface area contributed by atoms with E-state index in [-0.39, 0.29) is 78.3 Å². The van der Waals surface area contributed by atoms with E-state index in [0.717, 1.165) is 36.4 Å². The highest BCUT2D eigenvalue weighted by atomic mass is 35.5. The maximum absolute atomic E-state index is 11.0. The molecule has 0 fully saturated rings. The van der Waals surface area contributed by atoms with Crippen molar-refractivity contribution in [3.8, 4) is 6.07 Å². The van der Waals surface area contributed by atoms with Crippen LogP contribution < -0.4 is 29.8 Å². The van der Waals surface area contributed by atoms with Gasteiger partial charge in [-0.1, -0.05) is 35.3 Å². The van der Waals surface area contributed by atoms with Crippen molar-refractivity contribution in [2.45, 2.75) is 9.79 Å². The van der Waals surface area contributed by atoms with Gasteiger partial charge >= 0.3 is 53.7 Å². The highest BCUT2D eigenvalue weighted by Gasteiger charge is 2.22. The summed E-state index contributed by atoms with van der Waals surface area (Å²) < 4.78 is 60.7. The van der Waals surface area contributed by atoms with Crippen molar-refractivity contribution in [3.05, 3.63) is 164 Å². The van der Waals surface area contributed by atoms with Crippen LogP contribution in [0.1, 0.15) is 78.1 Å². The number of aliphatic carboxylic acids is 2. The zero-order valence-electron chi connectivity index (χ0n) is 49.8. The molecule has 0 spiro atoms. The maximum Gasteiger partial charge on any atom is 0.337 e. The predicted octanol–water partition coefficient (Wildman–Crippen LogP) is 6.96. The summed E-state index contributed by atoms with van der Waals surface area (Å²) in [6, 6.07) is 26.0. The molecule has 0 aliphatic carbocycles. The lowest BCUT2D eigenvalue weighted by atomic mass is 10.1. The summed E-state index contributed by atoms with van der Waals surface area (Å²) in [6.45, 7) is -0.591. The lowest BCUT2D eigenvalue weighted by Gasteiger charge is -2.20. The molecule has 0 atom stereocenters. The third-order valence-corrected chi connectivity index (χ3v) is 13.7. The molecule has 494 valence electrons. The predicted molar refractivity (Wildman–Crippen MR) is 336 cm³/mol. The first-order valence-corrected chi connectivity index (χ1v) is 28.7. The van der Waals surface area contributed by atoms with Gasteiger partial charge in [0.1, 0.15) is 13.1 Å². The van der Waals surface area contributed by atoms with E-state index >= 15 is 0 Å². The van der Waals surface area contributed by atoms with Crippen molar-refractivity contribution in [3.63, 3.8) is 0 Å². The summed E-state index contributed by atoms with van der Waals surface area (Å²) in [7, 11) is 5.91. The Kier molecular flexibility index (Phi) is 30.5. The minimum atomic E-state index is -4.38. The van der Waals surface area contributed by atoms with Crippen LogP contribution in [0.15, 0.2) is 119 Å². The molecule has 0 saturated heterocycles. The van der Waals surface area contributed by atoms with Crippen molar-refractivity contribution in [1.29, 1.82) is 5.26 Å². The van der Waals surface area contributed by atoms with E-state index in [1.165, 1.54) is 78.3 Å². The Hall–Kier alpha value is -10.8. The van der Waals surface area contributed by atoms with E-state index in [1.54, 1.807) is 82.4 Å². The number of hydrogen-bond donors (Lipinski definition) is 12. The van der Waals surface area contributed by atoms with Gasteiger partial charge in [0.2, 0.25) is 0 Å². The molecule has 0 unspecified atom stereocenters. The molecule has 0 aliphatic heterocycles. The number of nitrogens with one attached hydrogen (secondary N) is 1. The third kappa shape index (κ3) is 24.7. The number of aromatic carboxylic acids is 7. The largest absolute Gasteiger partial charge is 0.480 e. The molecular weight excluding hydrogens is 1300 g/mol. The summed E-state index contributed by atoms with van der Waals surface area (Å²) in [6.07, 6.45) is 0. The molecule has 0 saturated carbocycles. The van der Waals surface area contributed by atoms with Crippen molar-refractivity contribution in [1.82, 2.24) is 0 Å². The summed E-state index contributed by atoms with van der Waals surface area (Å²) >= 11 is 11.6. The number of carboxylic acids is 9. The van der Waals surface area contributed by atoms with Gasteiger partial charge < -0.3 is 75.8 Å². The third-order valence-electron chi connectivity index (χ3n) is 11.5. The molecule has 0 aromatic heterocycles. The number of carboxylic acid groups (broad SMARTS) is 9. The fourth-order valence-corrected chi connectivity index (χ4v) is 9.04. The van der Waals surface area contributed by atoms with Gasteiger partial charge in [-0.3, -0.25) is 18.7 Å². The number of likely N-dealkylation sites (N-methyl/N-ethyl adjacent to an activating group) is 2. The number of carbonyl (C=O) groups is 9. The lowest BCUT2D eigenvalue weighted by Crippen LogP contribution is -2.27. The first-order chi connectivity index (χ1) is 42.4. The molecular formula is C57H61Cl2N7O24S2. The van der Waals surface area contributed by atoms with Gasteiger partial charge in [-0.05, 0) is 97.1 Å². The minimum Gasteiger partial charge on any atom is -0.480 e. The van der Waals surface area contributed by atoms with E-state index in [2.05, 4.69) is 5.32 Å². The smallest absolute Gasteiger partial charge is 0.337 e. The van der Waals surface area contributed by atoms with E-state index in [9.17, 15) is 60.0 Å². The van der Waals surface area contributed by atoms with Crippen LogP contribution in [0.25, 0.3) is 0 Å². The van der Waals surface area contributed by atoms with Gasteiger partial charge in [0.15, 0.2) is 0 Å². The normalized spacial score (nSPS) is 10.2. The second-order valence-electron chi connectivity index (χ2n) is 18.8. The van der Waals surface area contributed by atoms with Crippen LogP contribution in [0.3, 0.4) is 0 Å². The number of rotatable bonds is 19. The van der Waals surface area contributed by atoms with Gasteiger partial charge in [0.25, 0.3) is 20.2 Å². The Balaban J connectivity index is 0.000000553. The highest BCUT2D eigenvalue weighted by Crippen LogP contribution is 2.33. The summed E-state index contributed by atoms with van der Waals surface area (Å²) in [5.41, 5.74) is 2.26. The monoisotopic (exact) mass is 1360 g/mol. The molecule has 0 heterocycles. The van der Waals surface area contributed by atoms with Crippen LogP contribution in [0.5, 0.6) is 0 Å². The molecule has 12 N–H and O–H groups in total. The first-order valence-electron chi connectivity index (χ1n) is 25.1. The SMILES string of the molecule is CN(C)c1ccc(C#N)cc1C(=O)O.CN(C)c1ccc(C(=O)O)cc1C(=O)O.CN(C)c1ccc(S(=O)(=O)O)cc1C(=O)O.CN(CC(=O)O)c1c(Cl)cc(Cl)cc1C(=O)O.CN(CC(=O)O)c1ccccc1C(=O)O.CNc1cc(S(=O)(=O)O)ccc1C(=O)O. The Morgan fingerprint density at radius 3 is 1.26 bits per heavy atom. The van der Waals surface area contributed by atoms with Gasteiger partial charge in [-0.25, -0.2) is 33.6 Å². The maximum atomic E-state index is 11.0. The zero-order chi connectivity index (χ0) is 71.0. The van der Waals surface area contributed by atoms with Crippen molar-refractivity contribution in [2.75, 3.05) is 106 Å². The lowest BCUT2D eigenvalue weighted by molar-refractivity contribution is -0.136. The molecule has 6 aromatic carbocycles. The van der Waals surface area contributed by atoms with Crippen LogP contribution in [0, 0.1) is 11.3 Å². The Morgan fingerprint density at radius 1 is 0.446 bits per heavy atom. The molecule has 0 amide bonds. The van der Waals surface area contributed by atoms with Crippen LogP contribution in [0.4, 0.5) is 34.1 Å². The molecule has 0 bridgehead atoms. The van der Waals surface area contributed by atoms with Crippen molar-refractivity contribution >= 4 is 131 Å². The number of nitrogens with zero attached hydrogens (tertiary/aromatic N) is 6. The second-order valence-corrected chi connectivity index (χ2v) is 22.5. The van der Waals surface area contributed by atoms with Gasteiger partial charge in [-0.15, -0.1) is 0 Å². The van der Waals surface area contributed by atoms with Gasteiger partial charge in [0, 0.05) is 74.1 Å². The fourth-order valence-electron chi connectivity index (χ4n) is 7.39. The molecule has 6 aromatic rings. The Bertz CT molecular complexity index is 4030. The van der Waals surface area contributed by atoms with Crippen molar-refractivity contribution < 1.29 is 115 Å². The summed E-state index contributed by atoms with van der Waals surface area (Å²) in [5, 5.41) is 90.7. The minimum absolute atomic E-state index is 0.0140. The molecule has 31 nitrogen and oxygen atoms in total. The van der Waals surface area contributed by atoms with Crippen LogP contribution >= 0.6 is 23.2 Å². The number of para-hydroxylation sites is 1. The Morgan fingerprint density at radius 2 is 0.848 bits per heavy atom. The Labute approximate surface area is 535 Å². The number of anilines is 6. The zero-order valence-corrected chi connectivity index (χ0v) is 52.9. The number of benzene rings is 6. The van der Waals surface area contributed by atoms with E-state index in [4.69, 9.17) is 83.5 Å². The second kappa shape index (κ2) is 35.4. The van der Waals surface area contributed by atoms with E-state index < -0.39 is 78.9 Å². The molecule has 35 heteroatoms. The highest BCUT2D eigenvalue weighted by molar-refractivity contribution is 7.86. The number of halogens is 2. The summed E-state index contributed by atoms with van der Waals surface area (Å²) in [4.78, 5) is 104. The molecule has 0 aliphatic rings. The standard InChI is InChI=1S/C10H9Cl2NO4.C10H10N2O2.2C10H11NO4.C9H11NO5S.C8H9NO5S/c1-13(4-8(14)15)9-6(10(16)17)2-5(11)3-7(9)12;1-12(2)9-4-3-7(6-11)5-8(9)10(13)14;1-11(2)8-4-3-6(9(12)13)5-7(8)10(14)15;1-11(6-9(12)13)8-5-3-2-4-7(8)10(14)15;1-10(2)8-4-3-6(16(13,14)15)5-7(8)9(11)12;1-9-7-4-5(15(12,13)14)2-3-6(7)8(10)11/h2-3H,4H2,1H3,(H,14,15)(H,16,17);3-5H,1-2H3,(H,13,14);3-5H,1-2H3,(H,12,13)(H,14,15);2-5H,6H2,1H3,(H,12,13)(H,14,15);3-5H,1-2H3,(H,11,12)(H,13,14,15);2-4,9H,1H3,(H,10,11)(H,12,13,14). The molecule has 92 heavy (non-hydrogen) atoms.